The summed E-state index contributed by atoms with van der Waals surface area (Å²) in [6, 6.07) is 39.2. The highest BCUT2D eigenvalue weighted by Crippen LogP contribution is 2.36. The van der Waals surface area contributed by atoms with Crippen LogP contribution >= 0.6 is 0 Å². The van der Waals surface area contributed by atoms with E-state index in [-0.39, 0.29) is 0 Å². The topological polar surface area (TPSA) is 22.2 Å². The highest BCUT2D eigenvalue weighted by Gasteiger charge is 2.14. The Morgan fingerprint density at radius 3 is 1.93 bits per heavy atom. The van der Waals surface area contributed by atoms with Gasteiger partial charge < -0.3 is 9.13 Å². The summed E-state index contributed by atoms with van der Waals surface area (Å²) in [4.78, 5) is 3.92. The SMILES string of the molecule is C=C/C(=C\N=C)c1ccc(-n2c3ccccc3c3cc4cc5c(ccn5-c5ccccc5)cc4cc32)cc1.C=CC.C=CC. The largest absolute Gasteiger partial charge is 0.317 e. The highest BCUT2D eigenvalue weighted by atomic mass is 15.0. The molecule has 5 aromatic carbocycles. The lowest BCUT2D eigenvalue weighted by molar-refractivity contribution is 1.13. The Labute approximate surface area is 259 Å². The molecule has 0 aliphatic heterocycles. The average Bonchev–Trinajstić information content (AvgIpc) is 3.61. The molecule has 3 nitrogen and oxygen atoms in total. The van der Waals surface area contributed by atoms with Crippen LogP contribution in [0.5, 0.6) is 0 Å². The van der Waals surface area contributed by atoms with Crippen LogP contribution in [0, 0.1) is 0 Å². The lowest BCUT2D eigenvalue weighted by Gasteiger charge is -2.10. The van der Waals surface area contributed by atoms with Gasteiger partial charge in [0, 0.05) is 39.9 Å². The van der Waals surface area contributed by atoms with Crippen molar-refractivity contribution in [3.05, 3.63) is 165 Å². The summed E-state index contributed by atoms with van der Waals surface area (Å²) < 4.78 is 4.62. The summed E-state index contributed by atoms with van der Waals surface area (Å²) in [6.07, 6.45) is 9.20. The van der Waals surface area contributed by atoms with Gasteiger partial charge in [-0.25, -0.2) is 0 Å². The number of benzene rings is 5. The molecular formula is C41H37N3. The van der Waals surface area contributed by atoms with E-state index in [4.69, 9.17) is 0 Å². The molecule has 0 radical (unpaired) electrons. The number of rotatable bonds is 5. The quantitative estimate of drug-likeness (QED) is 0.111. The Hall–Kier alpha value is -5.67. The summed E-state index contributed by atoms with van der Waals surface area (Å²) >= 11 is 0. The van der Waals surface area contributed by atoms with Gasteiger partial charge in [-0.15, -0.1) is 13.2 Å². The van der Waals surface area contributed by atoms with E-state index >= 15 is 0 Å². The molecule has 216 valence electrons. The summed E-state index contributed by atoms with van der Waals surface area (Å²) in [5.74, 6) is 0. The molecule has 0 bridgehead atoms. The maximum Gasteiger partial charge on any atom is 0.0547 e. The van der Waals surface area contributed by atoms with Gasteiger partial charge in [-0.2, -0.15) is 0 Å². The Bertz CT molecular complexity index is 2130. The van der Waals surface area contributed by atoms with Crippen molar-refractivity contribution in [3.63, 3.8) is 0 Å². The molecule has 0 atom stereocenters. The molecule has 44 heavy (non-hydrogen) atoms. The lowest BCUT2D eigenvalue weighted by atomic mass is 10.0. The second-order valence-electron chi connectivity index (χ2n) is 10.3. The minimum Gasteiger partial charge on any atom is -0.317 e. The van der Waals surface area contributed by atoms with Crippen LogP contribution in [0.2, 0.25) is 0 Å². The molecule has 0 amide bonds. The van der Waals surface area contributed by atoms with E-state index in [9.17, 15) is 0 Å². The summed E-state index contributed by atoms with van der Waals surface area (Å²) in [5, 5.41) is 6.18. The second-order valence-corrected chi connectivity index (χ2v) is 10.3. The molecule has 3 heteroatoms. The van der Waals surface area contributed by atoms with E-state index < -0.39 is 0 Å². The van der Waals surface area contributed by atoms with Gasteiger partial charge in [-0.1, -0.05) is 73.3 Å². The van der Waals surface area contributed by atoms with Crippen LogP contribution in [0.4, 0.5) is 0 Å². The van der Waals surface area contributed by atoms with Crippen molar-refractivity contribution < 1.29 is 0 Å². The molecule has 0 saturated carbocycles. The van der Waals surface area contributed by atoms with E-state index in [0.29, 0.717) is 0 Å². The van der Waals surface area contributed by atoms with Gasteiger partial charge >= 0.3 is 0 Å². The van der Waals surface area contributed by atoms with Crippen LogP contribution in [0.15, 0.2) is 165 Å². The number of aromatic nitrogens is 2. The molecule has 0 unspecified atom stereocenters. The van der Waals surface area contributed by atoms with E-state index in [1.807, 2.05) is 19.9 Å². The molecular weight excluding hydrogens is 534 g/mol. The van der Waals surface area contributed by atoms with Gasteiger partial charge in [0.2, 0.25) is 0 Å². The molecule has 2 aromatic heterocycles. The molecule has 0 spiro atoms. The fraction of sp³-hybridized carbons (Fsp3) is 0.0488. The summed E-state index contributed by atoms with van der Waals surface area (Å²) in [5.41, 5.74) is 7.89. The molecule has 0 aliphatic carbocycles. The monoisotopic (exact) mass is 571 g/mol. The number of nitrogens with zero attached hydrogens (tertiary/aromatic N) is 3. The van der Waals surface area contributed by atoms with Gasteiger partial charge in [-0.3, -0.25) is 4.99 Å². The molecule has 0 saturated heterocycles. The zero-order chi connectivity index (χ0) is 31.1. The van der Waals surface area contributed by atoms with Gasteiger partial charge in [0.25, 0.3) is 0 Å². The van der Waals surface area contributed by atoms with Crippen molar-refractivity contribution in [3.8, 4) is 11.4 Å². The van der Waals surface area contributed by atoms with E-state index in [0.717, 1.165) is 16.8 Å². The molecule has 0 aliphatic rings. The fourth-order valence-electron chi connectivity index (χ4n) is 5.59. The summed E-state index contributed by atoms with van der Waals surface area (Å²) in [7, 11) is 0. The third-order valence-electron chi connectivity index (χ3n) is 7.38. The van der Waals surface area contributed by atoms with Gasteiger partial charge in [0.15, 0.2) is 0 Å². The van der Waals surface area contributed by atoms with Crippen molar-refractivity contribution in [2.45, 2.75) is 13.8 Å². The normalized spacial score (nSPS) is 11.0. The van der Waals surface area contributed by atoms with Crippen molar-refractivity contribution in [1.82, 2.24) is 9.13 Å². The van der Waals surface area contributed by atoms with Crippen LogP contribution in [-0.4, -0.2) is 15.9 Å². The van der Waals surface area contributed by atoms with Crippen molar-refractivity contribution in [2.75, 3.05) is 0 Å². The molecule has 2 heterocycles. The van der Waals surface area contributed by atoms with Crippen LogP contribution in [0.3, 0.4) is 0 Å². The first-order valence-electron chi connectivity index (χ1n) is 14.6. The smallest absolute Gasteiger partial charge is 0.0547 e. The maximum atomic E-state index is 3.92. The molecule has 0 N–H and O–H groups in total. The van der Waals surface area contributed by atoms with Gasteiger partial charge in [0.05, 0.1) is 16.6 Å². The predicted molar refractivity (Wildman–Crippen MR) is 195 cm³/mol. The first-order chi connectivity index (χ1) is 21.6. The number of hydrogen-bond donors (Lipinski definition) is 0. The Morgan fingerprint density at radius 2 is 1.25 bits per heavy atom. The molecule has 7 rings (SSSR count). The molecule has 0 fully saturated rings. The fourth-order valence-corrected chi connectivity index (χ4v) is 5.59. The number of fused-ring (bicyclic) bond motifs is 5. The van der Waals surface area contributed by atoms with Crippen LogP contribution in [-0.2, 0) is 0 Å². The summed E-state index contributed by atoms with van der Waals surface area (Å²) in [6.45, 7) is 18.0. The van der Waals surface area contributed by atoms with Crippen molar-refractivity contribution in [2.24, 2.45) is 4.99 Å². The van der Waals surface area contributed by atoms with Crippen LogP contribution in [0.25, 0.3) is 60.4 Å². The van der Waals surface area contributed by atoms with Crippen molar-refractivity contribution in [1.29, 1.82) is 0 Å². The minimum atomic E-state index is 0.950. The molecule has 7 aromatic rings. The highest BCUT2D eigenvalue weighted by molar-refractivity contribution is 6.15. The minimum absolute atomic E-state index is 0.950. The van der Waals surface area contributed by atoms with E-state index in [1.165, 1.54) is 49.2 Å². The Morgan fingerprint density at radius 1 is 0.614 bits per heavy atom. The number of hydrogen-bond acceptors (Lipinski definition) is 1. The average molecular weight is 572 g/mol. The third kappa shape index (κ3) is 5.68. The predicted octanol–water partition coefficient (Wildman–Crippen LogP) is 11.5. The standard InChI is InChI=1S/C35H25N3.2C3H6/c1-3-24(23-36-2)25-13-15-30(16-14-25)38-33-12-8-7-11-31(33)32-20-28-21-34-26(19-27(28)22-35(32)38)17-18-37(34)29-9-5-4-6-10-29;2*1-3-2/h3-23H,1-2H2;2*3H,1H2,2H3/b24-23+;;. The third-order valence-corrected chi connectivity index (χ3v) is 7.38. The van der Waals surface area contributed by atoms with Gasteiger partial charge in [-0.05, 0) is 103 Å². The van der Waals surface area contributed by atoms with E-state index in [1.54, 1.807) is 18.4 Å². The van der Waals surface area contributed by atoms with Crippen LogP contribution in [0.1, 0.15) is 19.4 Å². The zero-order valence-corrected chi connectivity index (χ0v) is 25.4. The number of para-hydroxylation sites is 2. The Kier molecular flexibility index (Phi) is 9.17. The second kappa shape index (κ2) is 13.5. The lowest BCUT2D eigenvalue weighted by Crippen LogP contribution is -1.94. The van der Waals surface area contributed by atoms with E-state index in [2.05, 4.69) is 156 Å². The first-order valence-corrected chi connectivity index (χ1v) is 14.6. The number of aliphatic imine (C=N–C) groups is 1. The van der Waals surface area contributed by atoms with Gasteiger partial charge in [0.1, 0.15) is 0 Å². The number of allylic oxidation sites excluding steroid dienone is 4. The zero-order valence-electron chi connectivity index (χ0n) is 25.4. The maximum absolute atomic E-state index is 3.92. The first kappa shape index (κ1) is 29.8. The Balaban J connectivity index is 0.000000594. The van der Waals surface area contributed by atoms with Crippen molar-refractivity contribution >= 4 is 55.8 Å². The van der Waals surface area contributed by atoms with Crippen LogP contribution < -0.4 is 0 Å².